The molecule has 1 aromatic heterocycles. The molecular weight excluding hydrogens is 550 g/mol. The number of benzene rings is 2. The minimum atomic E-state index is -0.654. The Morgan fingerprint density at radius 2 is 1.76 bits per heavy atom. The molecule has 0 spiro atoms. The molecule has 1 aliphatic carbocycles. The van der Waals surface area contributed by atoms with Gasteiger partial charge in [0.25, 0.3) is 5.91 Å². The lowest BCUT2D eigenvalue weighted by atomic mass is 9.85. The number of fused-ring (bicyclic) bond motifs is 2. The van der Waals surface area contributed by atoms with Gasteiger partial charge in [0.2, 0.25) is 0 Å². The van der Waals surface area contributed by atoms with Crippen molar-refractivity contribution in [1.29, 1.82) is 0 Å². The van der Waals surface area contributed by atoms with E-state index < -0.39 is 5.97 Å². The molecule has 2 aliphatic heterocycles. The van der Waals surface area contributed by atoms with Gasteiger partial charge in [-0.05, 0) is 92.7 Å². The minimum Gasteiger partial charge on any atom is -0.488 e. The van der Waals surface area contributed by atoms with E-state index in [1.807, 2.05) is 42.2 Å². The summed E-state index contributed by atoms with van der Waals surface area (Å²) < 4.78 is 6.36. The number of carboxylic acid groups (broad SMARTS) is 1. The third-order valence-corrected chi connectivity index (χ3v) is 10.3. The van der Waals surface area contributed by atoms with Crippen molar-refractivity contribution in [3.05, 3.63) is 64.0 Å². The second kappa shape index (κ2) is 12.1. The summed E-state index contributed by atoms with van der Waals surface area (Å²) in [6.07, 6.45) is 3.64. The number of carbonyl (C=O) groups is 2. The molecule has 42 heavy (non-hydrogen) atoms. The lowest BCUT2D eigenvalue weighted by Crippen LogP contribution is -2.44. The smallest absolute Gasteiger partial charge is 0.307 e. The summed E-state index contributed by atoms with van der Waals surface area (Å²) >= 11 is 1.60. The molecule has 9 heteroatoms. The maximum absolute atomic E-state index is 13.1. The fraction of sp³-hybridized carbons (Fsp3) is 0.485. The molecule has 6 rings (SSSR count). The molecule has 1 amide bonds. The van der Waals surface area contributed by atoms with Gasteiger partial charge in [-0.15, -0.1) is 11.3 Å². The van der Waals surface area contributed by atoms with Crippen molar-refractivity contribution in [2.75, 3.05) is 37.7 Å². The van der Waals surface area contributed by atoms with Crippen LogP contribution in [0.2, 0.25) is 0 Å². The zero-order chi connectivity index (χ0) is 29.4. The molecular formula is C33H39N3O5S. The van der Waals surface area contributed by atoms with E-state index in [0.29, 0.717) is 31.2 Å². The van der Waals surface area contributed by atoms with Gasteiger partial charge in [-0.2, -0.15) is 0 Å². The van der Waals surface area contributed by atoms with Crippen LogP contribution in [0.15, 0.2) is 41.8 Å². The Hall–Kier alpha value is -3.43. The number of rotatable bonds is 8. The number of likely N-dealkylation sites (tertiary alicyclic amines) is 1. The zero-order valence-corrected chi connectivity index (χ0v) is 25.1. The highest BCUT2D eigenvalue weighted by molar-refractivity contribution is 7.14. The van der Waals surface area contributed by atoms with Crippen molar-refractivity contribution in [2.24, 2.45) is 23.7 Å². The molecule has 222 valence electrons. The van der Waals surface area contributed by atoms with Crippen LogP contribution in [0, 0.1) is 37.5 Å². The van der Waals surface area contributed by atoms with Gasteiger partial charge in [-0.1, -0.05) is 17.7 Å². The summed E-state index contributed by atoms with van der Waals surface area (Å²) in [5.41, 5.74) is 5.64. The number of hydrogen-bond acceptors (Lipinski definition) is 7. The first-order valence-corrected chi connectivity index (χ1v) is 15.9. The summed E-state index contributed by atoms with van der Waals surface area (Å²) in [4.78, 5) is 34.0. The number of amides is 1. The number of aryl methyl sites for hydroxylation is 2. The molecule has 2 saturated heterocycles. The van der Waals surface area contributed by atoms with Crippen LogP contribution in [0.4, 0.5) is 5.13 Å². The number of ether oxygens (including phenoxy) is 1. The Bertz CT molecular complexity index is 1450. The van der Waals surface area contributed by atoms with Crippen molar-refractivity contribution in [3.63, 3.8) is 0 Å². The summed E-state index contributed by atoms with van der Waals surface area (Å²) in [6.45, 7) is 7.50. The van der Waals surface area contributed by atoms with Crippen molar-refractivity contribution >= 4 is 28.3 Å². The van der Waals surface area contributed by atoms with Crippen molar-refractivity contribution in [2.45, 2.75) is 46.1 Å². The van der Waals surface area contributed by atoms with Gasteiger partial charge < -0.3 is 24.7 Å². The largest absolute Gasteiger partial charge is 0.488 e. The summed E-state index contributed by atoms with van der Waals surface area (Å²) in [7, 11) is 0. The lowest BCUT2D eigenvalue weighted by Gasteiger charge is -2.35. The molecule has 2 bridgehead atoms. The predicted octanol–water partition coefficient (Wildman–Crippen LogP) is 5.40. The van der Waals surface area contributed by atoms with Gasteiger partial charge in [-0.3, -0.25) is 9.59 Å². The molecule has 8 nitrogen and oxygen atoms in total. The number of carbonyl (C=O) groups excluding carboxylic acids is 1. The summed E-state index contributed by atoms with van der Waals surface area (Å²) in [6, 6.07) is 11.9. The predicted molar refractivity (Wildman–Crippen MR) is 163 cm³/mol. The van der Waals surface area contributed by atoms with Gasteiger partial charge >= 0.3 is 5.97 Å². The molecule has 3 fully saturated rings. The molecule has 1 saturated carbocycles. The Labute approximate surface area is 251 Å². The minimum absolute atomic E-state index is 0.0438. The van der Waals surface area contributed by atoms with E-state index in [9.17, 15) is 19.8 Å². The van der Waals surface area contributed by atoms with E-state index in [2.05, 4.69) is 23.3 Å². The highest BCUT2D eigenvalue weighted by atomic mass is 32.1. The number of aromatic nitrogens is 1. The van der Waals surface area contributed by atoms with Gasteiger partial charge in [0.05, 0.1) is 11.6 Å². The van der Waals surface area contributed by atoms with Crippen LogP contribution in [0.25, 0.3) is 11.3 Å². The molecule has 3 aromatic rings. The highest BCUT2D eigenvalue weighted by Gasteiger charge is 2.46. The third-order valence-electron chi connectivity index (χ3n) is 9.43. The average molecular weight is 590 g/mol. The van der Waals surface area contributed by atoms with Gasteiger partial charge in [0.15, 0.2) is 5.13 Å². The van der Waals surface area contributed by atoms with Crippen LogP contribution < -0.4 is 9.64 Å². The number of aliphatic carboxylic acids is 1. The highest BCUT2D eigenvalue weighted by Crippen LogP contribution is 2.44. The summed E-state index contributed by atoms with van der Waals surface area (Å²) in [5.74, 6) is 0.598. The quantitative estimate of drug-likeness (QED) is 0.363. The molecule has 2 N–H and O–H groups in total. The normalized spacial score (nSPS) is 22.4. The van der Waals surface area contributed by atoms with Gasteiger partial charge in [0.1, 0.15) is 12.4 Å². The molecule has 3 atom stereocenters. The van der Waals surface area contributed by atoms with Crippen molar-refractivity contribution < 1.29 is 24.5 Å². The number of nitrogens with zero attached hydrogens (tertiary/aromatic N) is 3. The van der Waals surface area contributed by atoms with E-state index in [0.717, 1.165) is 77.6 Å². The Morgan fingerprint density at radius 3 is 2.43 bits per heavy atom. The third kappa shape index (κ3) is 5.77. The monoisotopic (exact) mass is 589 g/mol. The zero-order valence-electron chi connectivity index (χ0n) is 24.3. The Balaban J connectivity index is 1.14. The SMILES string of the molecule is Cc1ccc(OCc2ccc(C(=O)N3CCC(CO)CC3)cc2C)c(-c2csc(N3C[C@H]4CC[C@@H](C3)C4C(=O)O)n2)c1. The first-order valence-electron chi connectivity index (χ1n) is 15.0. The molecule has 0 radical (unpaired) electrons. The second-order valence-electron chi connectivity index (χ2n) is 12.2. The standard InChI is InChI=1S/C33H39N3O5S/c1-20-3-8-29(41-18-26-7-4-23(14-21(26)2)31(38)35-11-9-22(17-37)10-12-35)27(13-20)28-19-42-33(34-28)36-15-24-5-6-25(16-36)30(24)32(39)40/h3-4,7-8,13-14,19,22,24-25,30,37H,5-6,9-12,15-18H2,1-2H3,(H,39,40)/t24-,25+,30?. The van der Waals surface area contributed by atoms with Crippen LogP contribution in [0.3, 0.4) is 0 Å². The Kier molecular flexibility index (Phi) is 8.23. The van der Waals surface area contributed by atoms with E-state index in [-0.39, 0.29) is 30.3 Å². The first kappa shape index (κ1) is 28.7. The fourth-order valence-corrected chi connectivity index (χ4v) is 7.78. The first-order chi connectivity index (χ1) is 20.3. The number of carboxylic acids is 1. The summed E-state index contributed by atoms with van der Waals surface area (Å²) in [5, 5.41) is 22.1. The topological polar surface area (TPSA) is 103 Å². The van der Waals surface area contributed by atoms with E-state index in [4.69, 9.17) is 9.72 Å². The maximum atomic E-state index is 13.1. The fourth-order valence-electron chi connectivity index (χ4n) is 6.93. The van der Waals surface area contributed by atoms with Crippen molar-refractivity contribution in [3.8, 4) is 17.0 Å². The van der Waals surface area contributed by atoms with Crippen LogP contribution in [0.1, 0.15) is 52.7 Å². The number of aliphatic hydroxyl groups excluding tert-OH is 1. The molecule has 3 heterocycles. The van der Waals surface area contributed by atoms with Gasteiger partial charge in [0, 0.05) is 49.3 Å². The molecule has 1 unspecified atom stereocenters. The Morgan fingerprint density at radius 1 is 1.02 bits per heavy atom. The van der Waals surface area contributed by atoms with Crippen LogP contribution in [-0.2, 0) is 11.4 Å². The lowest BCUT2D eigenvalue weighted by molar-refractivity contribution is -0.144. The molecule has 3 aliphatic rings. The number of anilines is 1. The van der Waals surface area contributed by atoms with Gasteiger partial charge in [-0.25, -0.2) is 4.98 Å². The van der Waals surface area contributed by atoms with Crippen LogP contribution in [-0.4, -0.2) is 64.8 Å². The number of aliphatic hydroxyl groups is 1. The number of piperidine rings is 2. The van der Waals surface area contributed by atoms with E-state index in [1.54, 1.807) is 11.3 Å². The van der Waals surface area contributed by atoms with E-state index >= 15 is 0 Å². The molecule has 2 aromatic carbocycles. The van der Waals surface area contributed by atoms with Crippen LogP contribution >= 0.6 is 11.3 Å². The number of hydrogen-bond donors (Lipinski definition) is 2. The van der Waals surface area contributed by atoms with Crippen LogP contribution in [0.5, 0.6) is 5.75 Å². The number of thiazole rings is 1. The van der Waals surface area contributed by atoms with Crippen molar-refractivity contribution in [1.82, 2.24) is 9.88 Å². The maximum Gasteiger partial charge on any atom is 0.307 e. The van der Waals surface area contributed by atoms with E-state index in [1.165, 1.54) is 0 Å². The second-order valence-corrected chi connectivity index (χ2v) is 13.1. The average Bonchev–Trinajstić information content (AvgIpc) is 3.59.